The second-order valence-corrected chi connectivity index (χ2v) is 6.03. The lowest BCUT2D eigenvalue weighted by atomic mass is 10.2. The normalized spacial score (nSPS) is 19.0. The van der Waals surface area contributed by atoms with Gasteiger partial charge in [0, 0.05) is 52.7 Å². The number of morpholine rings is 1. The highest BCUT2D eigenvalue weighted by Gasteiger charge is 2.22. The minimum absolute atomic E-state index is 0.199. The van der Waals surface area contributed by atoms with Gasteiger partial charge in [-0.2, -0.15) is 10.2 Å². The van der Waals surface area contributed by atoms with Crippen LogP contribution in [0.5, 0.6) is 0 Å². The molecule has 1 saturated heterocycles. The van der Waals surface area contributed by atoms with Crippen molar-refractivity contribution in [3.63, 3.8) is 0 Å². The smallest absolute Gasteiger partial charge is 0.151 e. The molecule has 1 aliphatic rings. The van der Waals surface area contributed by atoms with E-state index < -0.39 is 0 Å². The molecular formula is C16H24N6O. The second-order valence-electron chi connectivity index (χ2n) is 6.03. The Labute approximate surface area is 136 Å². The van der Waals surface area contributed by atoms with E-state index in [1.54, 1.807) is 6.20 Å². The molecule has 1 atom stereocenters. The highest BCUT2D eigenvalue weighted by Crippen LogP contribution is 2.12. The molecule has 23 heavy (non-hydrogen) atoms. The van der Waals surface area contributed by atoms with E-state index in [0.717, 1.165) is 45.0 Å². The van der Waals surface area contributed by atoms with Gasteiger partial charge in [0.1, 0.15) is 0 Å². The molecule has 3 heterocycles. The predicted molar refractivity (Wildman–Crippen MR) is 88.4 cm³/mol. The number of aromatic nitrogens is 4. The zero-order valence-corrected chi connectivity index (χ0v) is 13.8. The van der Waals surface area contributed by atoms with Crippen LogP contribution < -0.4 is 4.90 Å². The van der Waals surface area contributed by atoms with Crippen LogP contribution in [-0.2, 0) is 18.2 Å². The molecule has 7 heteroatoms. The summed E-state index contributed by atoms with van der Waals surface area (Å²) in [7, 11) is 3.98. The number of hydrogen-bond donors (Lipinski definition) is 0. The maximum absolute atomic E-state index is 5.91. The predicted octanol–water partition coefficient (Wildman–Crippen LogP) is 0.590. The lowest BCUT2D eigenvalue weighted by molar-refractivity contribution is -0.0231. The summed E-state index contributed by atoms with van der Waals surface area (Å²) in [4.78, 5) is 4.56. The zero-order valence-electron chi connectivity index (χ0n) is 13.8. The molecule has 1 aliphatic heterocycles. The lowest BCUT2D eigenvalue weighted by Crippen LogP contribution is -2.47. The average molecular weight is 316 g/mol. The first-order chi connectivity index (χ1) is 11.2. The number of nitrogens with zero attached hydrogens (tertiary/aromatic N) is 6. The van der Waals surface area contributed by atoms with Crippen molar-refractivity contribution in [3.8, 4) is 0 Å². The molecule has 0 spiro atoms. The molecule has 0 amide bonds. The van der Waals surface area contributed by atoms with Crippen LogP contribution >= 0.6 is 0 Å². The van der Waals surface area contributed by atoms with Crippen LogP contribution in [0.3, 0.4) is 0 Å². The van der Waals surface area contributed by atoms with Crippen LogP contribution in [-0.4, -0.2) is 70.8 Å². The van der Waals surface area contributed by atoms with Crippen LogP contribution in [0.25, 0.3) is 0 Å². The summed E-state index contributed by atoms with van der Waals surface area (Å²) in [6.45, 7) is 4.59. The molecule has 2 aromatic heterocycles. The minimum Gasteiger partial charge on any atom is -0.374 e. The Hall–Kier alpha value is -1.99. The number of rotatable bonds is 6. The van der Waals surface area contributed by atoms with E-state index in [1.165, 1.54) is 5.56 Å². The van der Waals surface area contributed by atoms with Crippen LogP contribution in [0.4, 0.5) is 5.82 Å². The molecule has 0 radical (unpaired) electrons. The molecule has 124 valence electrons. The van der Waals surface area contributed by atoms with E-state index in [-0.39, 0.29) is 6.10 Å². The Kier molecular flexibility index (Phi) is 5.19. The first kappa shape index (κ1) is 15.9. The Morgan fingerprint density at radius 3 is 3.09 bits per heavy atom. The molecule has 0 N–H and O–H groups in total. The van der Waals surface area contributed by atoms with Crippen LogP contribution in [0.2, 0.25) is 0 Å². The zero-order chi connectivity index (χ0) is 16.1. The number of aryl methyl sites for hydroxylation is 1. The van der Waals surface area contributed by atoms with Crippen LogP contribution in [0, 0.1) is 0 Å². The Balaban J connectivity index is 1.48. The minimum atomic E-state index is 0.199. The van der Waals surface area contributed by atoms with Crippen molar-refractivity contribution in [2.24, 2.45) is 7.05 Å². The topological polar surface area (TPSA) is 59.3 Å². The van der Waals surface area contributed by atoms with Gasteiger partial charge in [0.05, 0.1) is 18.9 Å². The van der Waals surface area contributed by atoms with Gasteiger partial charge in [-0.15, -0.1) is 5.10 Å². The fourth-order valence-electron chi connectivity index (χ4n) is 2.88. The number of ether oxygens (including phenoxy) is 1. The van der Waals surface area contributed by atoms with Gasteiger partial charge < -0.3 is 9.64 Å². The third-order valence-corrected chi connectivity index (χ3v) is 4.12. The summed E-state index contributed by atoms with van der Waals surface area (Å²) in [6.07, 6.45) is 6.94. The van der Waals surface area contributed by atoms with Crippen molar-refractivity contribution < 1.29 is 4.74 Å². The average Bonchev–Trinajstić information content (AvgIpc) is 3.00. The van der Waals surface area contributed by atoms with Crippen molar-refractivity contribution in [1.82, 2.24) is 24.9 Å². The quantitative estimate of drug-likeness (QED) is 0.777. The first-order valence-corrected chi connectivity index (χ1v) is 8.01. The SMILES string of the molecule is CN(C[C@H]1CN(CCc2cnn(C)c2)CCO1)c1cccnn1. The molecule has 3 rings (SSSR count). The lowest BCUT2D eigenvalue weighted by Gasteiger charge is -2.34. The Bertz CT molecular complexity index is 602. The van der Waals surface area contributed by atoms with E-state index >= 15 is 0 Å². The standard InChI is InChI=1S/C16H24N6O/c1-20(16-4-3-6-17-19-16)12-15-13-22(8-9-23-15)7-5-14-10-18-21(2)11-14/h3-4,6,10-11,15H,5,7-9,12-13H2,1-2H3/t15-/m0/s1. The molecule has 2 aromatic rings. The summed E-state index contributed by atoms with van der Waals surface area (Å²) in [6, 6.07) is 3.87. The third kappa shape index (κ3) is 4.49. The summed E-state index contributed by atoms with van der Waals surface area (Å²) >= 11 is 0. The van der Waals surface area contributed by atoms with Gasteiger partial charge in [-0.25, -0.2) is 0 Å². The van der Waals surface area contributed by atoms with Crippen molar-refractivity contribution >= 4 is 5.82 Å². The number of hydrogen-bond acceptors (Lipinski definition) is 6. The van der Waals surface area contributed by atoms with Crippen LogP contribution in [0.1, 0.15) is 5.56 Å². The van der Waals surface area contributed by atoms with E-state index in [2.05, 4.69) is 31.3 Å². The summed E-state index contributed by atoms with van der Waals surface area (Å²) in [5.41, 5.74) is 1.28. The van der Waals surface area contributed by atoms with Crippen molar-refractivity contribution in [2.45, 2.75) is 12.5 Å². The highest BCUT2D eigenvalue weighted by molar-refractivity contribution is 5.35. The molecule has 0 unspecified atom stereocenters. The highest BCUT2D eigenvalue weighted by atomic mass is 16.5. The van der Waals surface area contributed by atoms with Crippen molar-refractivity contribution in [2.75, 3.05) is 44.7 Å². The summed E-state index contributed by atoms with van der Waals surface area (Å²) < 4.78 is 7.76. The van der Waals surface area contributed by atoms with Gasteiger partial charge in [-0.05, 0) is 24.1 Å². The Morgan fingerprint density at radius 2 is 2.35 bits per heavy atom. The molecule has 0 saturated carbocycles. The van der Waals surface area contributed by atoms with E-state index in [0.29, 0.717) is 0 Å². The molecule has 7 nitrogen and oxygen atoms in total. The van der Waals surface area contributed by atoms with Crippen LogP contribution in [0.15, 0.2) is 30.7 Å². The van der Waals surface area contributed by atoms with E-state index in [9.17, 15) is 0 Å². The van der Waals surface area contributed by atoms with E-state index in [4.69, 9.17) is 4.74 Å². The Morgan fingerprint density at radius 1 is 1.43 bits per heavy atom. The van der Waals surface area contributed by atoms with Gasteiger partial charge in [0.25, 0.3) is 0 Å². The molecular weight excluding hydrogens is 292 g/mol. The largest absolute Gasteiger partial charge is 0.374 e. The third-order valence-electron chi connectivity index (χ3n) is 4.12. The second kappa shape index (κ2) is 7.52. The first-order valence-electron chi connectivity index (χ1n) is 8.01. The molecule has 1 fully saturated rings. The van der Waals surface area contributed by atoms with Gasteiger partial charge in [-0.1, -0.05) is 0 Å². The van der Waals surface area contributed by atoms with Gasteiger partial charge in [0.15, 0.2) is 5.82 Å². The van der Waals surface area contributed by atoms with Gasteiger partial charge in [-0.3, -0.25) is 9.58 Å². The number of likely N-dealkylation sites (N-methyl/N-ethyl adjacent to an activating group) is 1. The van der Waals surface area contributed by atoms with Gasteiger partial charge >= 0.3 is 0 Å². The van der Waals surface area contributed by atoms with Crippen molar-refractivity contribution in [3.05, 3.63) is 36.3 Å². The fraction of sp³-hybridized carbons (Fsp3) is 0.562. The molecule has 0 bridgehead atoms. The summed E-state index contributed by atoms with van der Waals surface area (Å²) in [5.74, 6) is 0.878. The van der Waals surface area contributed by atoms with E-state index in [1.807, 2.05) is 37.1 Å². The fourth-order valence-corrected chi connectivity index (χ4v) is 2.88. The number of anilines is 1. The summed E-state index contributed by atoms with van der Waals surface area (Å²) in [5, 5.41) is 12.3. The monoisotopic (exact) mass is 316 g/mol. The maximum Gasteiger partial charge on any atom is 0.151 e. The maximum atomic E-state index is 5.91. The molecule has 0 aliphatic carbocycles. The van der Waals surface area contributed by atoms with Gasteiger partial charge in [0.2, 0.25) is 0 Å². The van der Waals surface area contributed by atoms with Crippen molar-refractivity contribution in [1.29, 1.82) is 0 Å². The molecule has 0 aromatic carbocycles.